The van der Waals surface area contributed by atoms with Crippen LogP contribution in [0.15, 0.2) is 22.0 Å². The van der Waals surface area contributed by atoms with Gasteiger partial charge in [-0.1, -0.05) is 0 Å². The summed E-state index contributed by atoms with van der Waals surface area (Å²) >= 11 is 4.86. The van der Waals surface area contributed by atoms with Crippen LogP contribution in [-0.2, 0) is 12.7 Å². The minimum Gasteiger partial charge on any atom is -0.365 e. The highest BCUT2D eigenvalue weighted by Gasteiger charge is 2.33. The SMILES string of the molecule is CNc1nc(NCc2sccc2Br)cc(C(F)(F)F)n1. The molecule has 0 atom stereocenters. The third kappa shape index (κ3) is 3.60. The van der Waals surface area contributed by atoms with Gasteiger partial charge in [0.1, 0.15) is 5.82 Å². The molecule has 0 aromatic carbocycles. The van der Waals surface area contributed by atoms with Crippen molar-refractivity contribution in [1.29, 1.82) is 0 Å². The highest BCUT2D eigenvalue weighted by atomic mass is 79.9. The van der Waals surface area contributed by atoms with Crippen molar-refractivity contribution in [2.45, 2.75) is 12.7 Å². The Balaban J connectivity index is 2.21. The number of hydrogen-bond donors (Lipinski definition) is 2. The van der Waals surface area contributed by atoms with Crippen molar-refractivity contribution in [2.75, 3.05) is 17.7 Å². The van der Waals surface area contributed by atoms with Crippen molar-refractivity contribution in [1.82, 2.24) is 9.97 Å². The molecule has 0 aliphatic carbocycles. The first kappa shape index (κ1) is 15.0. The zero-order valence-corrected chi connectivity index (χ0v) is 12.7. The molecule has 2 aromatic heterocycles. The number of nitrogens with one attached hydrogen (secondary N) is 2. The lowest BCUT2D eigenvalue weighted by Gasteiger charge is -2.11. The first-order chi connectivity index (χ1) is 9.40. The highest BCUT2D eigenvalue weighted by molar-refractivity contribution is 9.10. The van der Waals surface area contributed by atoms with Gasteiger partial charge in [-0.05, 0) is 27.4 Å². The summed E-state index contributed by atoms with van der Waals surface area (Å²) in [7, 11) is 1.47. The number of thiophene rings is 1. The average molecular weight is 367 g/mol. The molecule has 0 bridgehead atoms. The second kappa shape index (κ2) is 5.96. The predicted octanol–water partition coefficient (Wildman–Crippen LogP) is 3.97. The standard InChI is InChI=1S/C11H10BrF3N4S/c1-16-10-18-8(11(13,14)15)4-9(19-10)17-5-7-6(12)2-3-20-7/h2-4H,5H2,1H3,(H2,16,17,18,19). The molecule has 2 N–H and O–H groups in total. The maximum Gasteiger partial charge on any atom is 0.433 e. The van der Waals surface area contributed by atoms with Crippen LogP contribution in [0.4, 0.5) is 24.9 Å². The molecular formula is C11H10BrF3N4S. The molecule has 108 valence electrons. The van der Waals surface area contributed by atoms with Crippen LogP contribution in [0.25, 0.3) is 0 Å². The quantitative estimate of drug-likeness (QED) is 0.859. The molecule has 0 fully saturated rings. The van der Waals surface area contributed by atoms with Gasteiger partial charge in [-0.2, -0.15) is 18.2 Å². The van der Waals surface area contributed by atoms with E-state index in [1.807, 2.05) is 11.4 Å². The number of rotatable bonds is 4. The maximum absolute atomic E-state index is 12.7. The van der Waals surface area contributed by atoms with Crippen LogP contribution in [0.1, 0.15) is 10.6 Å². The maximum atomic E-state index is 12.7. The van der Waals surface area contributed by atoms with E-state index in [9.17, 15) is 13.2 Å². The van der Waals surface area contributed by atoms with Crippen LogP contribution < -0.4 is 10.6 Å². The van der Waals surface area contributed by atoms with Gasteiger partial charge in [0.05, 0.1) is 6.54 Å². The number of hydrogen-bond acceptors (Lipinski definition) is 5. The van der Waals surface area contributed by atoms with Crippen molar-refractivity contribution in [3.05, 3.63) is 32.6 Å². The zero-order valence-electron chi connectivity index (χ0n) is 10.3. The summed E-state index contributed by atoms with van der Waals surface area (Å²) in [5.41, 5.74) is -0.982. The molecule has 0 saturated heterocycles. The molecular weight excluding hydrogens is 357 g/mol. The number of aromatic nitrogens is 2. The molecule has 2 aromatic rings. The Bertz CT molecular complexity index is 600. The summed E-state index contributed by atoms with van der Waals surface area (Å²) < 4.78 is 39.0. The molecule has 0 radical (unpaired) electrons. The number of halogens is 4. The molecule has 9 heteroatoms. The molecule has 2 heterocycles. The van der Waals surface area contributed by atoms with Crippen LogP contribution in [-0.4, -0.2) is 17.0 Å². The molecule has 0 aliphatic rings. The molecule has 4 nitrogen and oxygen atoms in total. The third-order valence-corrected chi connectivity index (χ3v) is 4.29. The van der Waals surface area contributed by atoms with Crippen LogP contribution in [0.5, 0.6) is 0 Å². The lowest BCUT2D eigenvalue weighted by Crippen LogP contribution is -2.12. The van der Waals surface area contributed by atoms with Crippen molar-refractivity contribution < 1.29 is 13.2 Å². The van der Waals surface area contributed by atoms with Gasteiger partial charge >= 0.3 is 6.18 Å². The average Bonchev–Trinajstić information content (AvgIpc) is 2.80. The van der Waals surface area contributed by atoms with E-state index >= 15 is 0 Å². The Labute approximate surface area is 125 Å². The molecule has 0 amide bonds. The Kier molecular flexibility index (Phi) is 4.48. The second-order valence-corrected chi connectivity index (χ2v) is 5.61. The van der Waals surface area contributed by atoms with Crippen LogP contribution in [0.2, 0.25) is 0 Å². The van der Waals surface area contributed by atoms with Gasteiger partial charge < -0.3 is 10.6 Å². The van der Waals surface area contributed by atoms with Crippen molar-refractivity contribution in [2.24, 2.45) is 0 Å². The summed E-state index contributed by atoms with van der Waals surface area (Å²) in [5, 5.41) is 7.27. The van der Waals surface area contributed by atoms with Gasteiger partial charge in [0.15, 0.2) is 5.69 Å². The van der Waals surface area contributed by atoms with Gasteiger partial charge in [-0.3, -0.25) is 0 Å². The van der Waals surface area contributed by atoms with Crippen molar-refractivity contribution in [3.8, 4) is 0 Å². The Hall–Kier alpha value is -1.35. The van der Waals surface area contributed by atoms with Crippen molar-refractivity contribution in [3.63, 3.8) is 0 Å². The normalized spacial score (nSPS) is 11.4. The van der Waals surface area contributed by atoms with Gasteiger partial charge in [-0.15, -0.1) is 11.3 Å². The first-order valence-corrected chi connectivity index (χ1v) is 7.17. The second-order valence-electron chi connectivity index (χ2n) is 3.76. The van der Waals surface area contributed by atoms with Gasteiger partial charge in [0, 0.05) is 22.5 Å². The van der Waals surface area contributed by atoms with E-state index in [1.54, 1.807) is 0 Å². The fourth-order valence-electron chi connectivity index (χ4n) is 1.42. The number of anilines is 2. The third-order valence-electron chi connectivity index (χ3n) is 2.36. The zero-order chi connectivity index (χ0) is 14.8. The Morgan fingerprint density at radius 1 is 1.35 bits per heavy atom. The van der Waals surface area contributed by atoms with E-state index in [0.717, 1.165) is 15.4 Å². The van der Waals surface area contributed by atoms with E-state index in [0.29, 0.717) is 6.54 Å². The van der Waals surface area contributed by atoms with Gasteiger partial charge in [0.25, 0.3) is 0 Å². The molecule has 0 aliphatic heterocycles. The van der Waals surface area contributed by atoms with Crippen LogP contribution in [0, 0.1) is 0 Å². The van der Waals surface area contributed by atoms with E-state index in [1.165, 1.54) is 18.4 Å². The summed E-state index contributed by atoms with van der Waals surface area (Å²) in [4.78, 5) is 8.32. The van der Waals surface area contributed by atoms with E-state index in [-0.39, 0.29) is 11.8 Å². The highest BCUT2D eigenvalue weighted by Crippen LogP contribution is 2.30. The number of nitrogens with zero attached hydrogens (tertiary/aromatic N) is 2. The topological polar surface area (TPSA) is 49.8 Å². The molecule has 0 saturated carbocycles. The van der Waals surface area contributed by atoms with E-state index < -0.39 is 11.9 Å². The van der Waals surface area contributed by atoms with Crippen LogP contribution >= 0.6 is 27.3 Å². The first-order valence-electron chi connectivity index (χ1n) is 5.50. The lowest BCUT2D eigenvalue weighted by atomic mass is 10.3. The minimum atomic E-state index is -4.51. The summed E-state index contributed by atoms with van der Waals surface area (Å²) in [6, 6.07) is 2.77. The number of alkyl halides is 3. The molecule has 0 spiro atoms. The van der Waals surface area contributed by atoms with Gasteiger partial charge in [-0.25, -0.2) is 4.98 Å². The van der Waals surface area contributed by atoms with E-state index in [4.69, 9.17) is 0 Å². The Morgan fingerprint density at radius 2 is 2.10 bits per heavy atom. The molecule has 0 unspecified atom stereocenters. The fourth-order valence-corrected chi connectivity index (χ4v) is 2.85. The molecule has 2 rings (SSSR count). The summed E-state index contributed by atoms with van der Waals surface area (Å²) in [6.07, 6.45) is -4.51. The predicted molar refractivity (Wildman–Crippen MR) is 75.9 cm³/mol. The summed E-state index contributed by atoms with van der Waals surface area (Å²) in [5.74, 6) is 0.0459. The van der Waals surface area contributed by atoms with Crippen molar-refractivity contribution >= 4 is 39.0 Å². The molecule has 20 heavy (non-hydrogen) atoms. The van der Waals surface area contributed by atoms with E-state index in [2.05, 4.69) is 36.5 Å². The monoisotopic (exact) mass is 366 g/mol. The minimum absolute atomic E-state index is 0.0763. The smallest absolute Gasteiger partial charge is 0.365 e. The lowest BCUT2D eigenvalue weighted by molar-refractivity contribution is -0.141. The van der Waals surface area contributed by atoms with Gasteiger partial charge in [0.2, 0.25) is 5.95 Å². The fraction of sp³-hybridized carbons (Fsp3) is 0.273. The summed E-state index contributed by atoms with van der Waals surface area (Å²) in [6.45, 7) is 0.385. The van der Waals surface area contributed by atoms with Crippen LogP contribution in [0.3, 0.4) is 0 Å². The largest absolute Gasteiger partial charge is 0.433 e. The Morgan fingerprint density at radius 3 is 2.65 bits per heavy atom.